The second kappa shape index (κ2) is 9.08. The first-order valence-electron chi connectivity index (χ1n) is 9.97. The molecule has 0 saturated heterocycles. The topological polar surface area (TPSA) is 78.5 Å². The minimum Gasteiger partial charge on any atom is -0.350 e. The van der Waals surface area contributed by atoms with E-state index in [1.54, 1.807) is 24.3 Å². The normalized spacial score (nSPS) is 13.5. The van der Waals surface area contributed by atoms with Crippen LogP contribution in [0.5, 0.6) is 0 Å². The molecular weight excluding hydrogens is 426 g/mol. The van der Waals surface area contributed by atoms with Gasteiger partial charge in [-0.05, 0) is 48.4 Å². The molecule has 3 amide bonds. The highest BCUT2D eigenvalue weighted by molar-refractivity contribution is 6.48. The molecule has 1 aliphatic heterocycles. The molecule has 4 rings (SSSR count). The molecule has 0 bridgehead atoms. The summed E-state index contributed by atoms with van der Waals surface area (Å²) in [6, 6.07) is 23.3. The van der Waals surface area contributed by atoms with Crippen molar-refractivity contribution in [2.24, 2.45) is 0 Å². The summed E-state index contributed by atoms with van der Waals surface area (Å²) in [5.74, 6) is -1.37. The lowest BCUT2D eigenvalue weighted by Crippen LogP contribution is -2.31. The molecule has 0 fully saturated rings. The van der Waals surface area contributed by atoms with E-state index in [1.165, 1.54) is 0 Å². The number of anilines is 2. The standard InChI is InChI=1S/C25H20ClN3O3/c1-16-7-5-11-19(13-16)28-23(30)18-10-6-12-20(14-18)27-22-21(26)24(31)29(25(22)32)15-17-8-3-2-4-9-17/h2-14,27H,15H2,1H3,(H,28,30). The number of hydrogen-bond donors (Lipinski definition) is 2. The summed E-state index contributed by atoms with van der Waals surface area (Å²) >= 11 is 6.18. The Labute approximate surface area is 190 Å². The van der Waals surface area contributed by atoms with E-state index in [2.05, 4.69) is 10.6 Å². The Morgan fingerprint density at radius 2 is 1.59 bits per heavy atom. The minimum absolute atomic E-state index is 0.0103. The Morgan fingerprint density at radius 3 is 2.34 bits per heavy atom. The number of carbonyl (C=O) groups is 3. The Balaban J connectivity index is 1.49. The average Bonchev–Trinajstić information content (AvgIpc) is 2.98. The monoisotopic (exact) mass is 445 g/mol. The number of nitrogens with zero attached hydrogens (tertiary/aromatic N) is 1. The zero-order valence-electron chi connectivity index (χ0n) is 17.3. The van der Waals surface area contributed by atoms with Crippen molar-refractivity contribution in [2.45, 2.75) is 13.5 Å². The maximum atomic E-state index is 12.8. The van der Waals surface area contributed by atoms with E-state index >= 15 is 0 Å². The van der Waals surface area contributed by atoms with Crippen molar-refractivity contribution in [2.75, 3.05) is 10.6 Å². The molecule has 0 aromatic heterocycles. The smallest absolute Gasteiger partial charge is 0.279 e. The highest BCUT2D eigenvalue weighted by Gasteiger charge is 2.37. The van der Waals surface area contributed by atoms with Crippen molar-refractivity contribution in [3.63, 3.8) is 0 Å². The molecule has 0 unspecified atom stereocenters. The lowest BCUT2D eigenvalue weighted by molar-refractivity contribution is -0.138. The van der Waals surface area contributed by atoms with E-state index in [0.717, 1.165) is 16.0 Å². The SMILES string of the molecule is Cc1cccc(NC(=O)c2cccc(NC3=C(Cl)C(=O)N(Cc4ccccc4)C3=O)c2)c1. The van der Waals surface area contributed by atoms with Crippen LogP contribution in [0.25, 0.3) is 0 Å². The number of amides is 3. The Hall–Kier alpha value is -3.90. The molecule has 6 nitrogen and oxygen atoms in total. The number of imide groups is 1. The fraction of sp³-hybridized carbons (Fsp3) is 0.0800. The van der Waals surface area contributed by atoms with E-state index < -0.39 is 11.8 Å². The quantitative estimate of drug-likeness (QED) is 0.540. The first-order chi connectivity index (χ1) is 15.4. The number of benzene rings is 3. The van der Waals surface area contributed by atoms with Gasteiger partial charge in [-0.15, -0.1) is 0 Å². The van der Waals surface area contributed by atoms with E-state index in [-0.39, 0.29) is 23.2 Å². The summed E-state index contributed by atoms with van der Waals surface area (Å²) in [6.45, 7) is 2.07. The summed E-state index contributed by atoms with van der Waals surface area (Å²) < 4.78 is 0. The molecule has 0 radical (unpaired) electrons. The molecule has 0 atom stereocenters. The fourth-order valence-corrected chi connectivity index (χ4v) is 3.60. The zero-order valence-corrected chi connectivity index (χ0v) is 18.0. The van der Waals surface area contributed by atoms with Crippen LogP contribution in [0.3, 0.4) is 0 Å². The number of halogens is 1. The summed E-state index contributed by atoms with van der Waals surface area (Å²) in [4.78, 5) is 39.1. The van der Waals surface area contributed by atoms with Crippen LogP contribution < -0.4 is 10.6 Å². The lowest BCUT2D eigenvalue weighted by Gasteiger charge is -2.15. The van der Waals surface area contributed by atoms with Gasteiger partial charge in [0.25, 0.3) is 17.7 Å². The van der Waals surface area contributed by atoms with Gasteiger partial charge in [0.2, 0.25) is 0 Å². The van der Waals surface area contributed by atoms with Crippen LogP contribution in [0, 0.1) is 6.92 Å². The summed E-state index contributed by atoms with van der Waals surface area (Å²) in [5, 5.41) is 5.58. The molecule has 3 aromatic rings. The van der Waals surface area contributed by atoms with Gasteiger partial charge in [-0.2, -0.15) is 0 Å². The maximum Gasteiger partial charge on any atom is 0.279 e. The fourth-order valence-electron chi connectivity index (χ4n) is 3.37. The van der Waals surface area contributed by atoms with Crippen molar-refractivity contribution < 1.29 is 14.4 Å². The van der Waals surface area contributed by atoms with Crippen LogP contribution in [0.2, 0.25) is 0 Å². The van der Waals surface area contributed by atoms with Gasteiger partial charge >= 0.3 is 0 Å². The van der Waals surface area contributed by atoms with Crippen LogP contribution >= 0.6 is 11.6 Å². The number of nitrogens with one attached hydrogen (secondary N) is 2. The summed E-state index contributed by atoms with van der Waals surface area (Å²) in [5.41, 5.74) is 3.39. The predicted octanol–water partition coefficient (Wildman–Crippen LogP) is 4.68. The van der Waals surface area contributed by atoms with Crippen molar-refractivity contribution in [1.29, 1.82) is 0 Å². The third-order valence-corrected chi connectivity index (χ3v) is 5.32. The molecule has 1 heterocycles. The molecule has 0 saturated carbocycles. The Morgan fingerprint density at radius 1 is 0.875 bits per heavy atom. The average molecular weight is 446 g/mol. The molecule has 160 valence electrons. The van der Waals surface area contributed by atoms with Crippen LogP contribution in [0.4, 0.5) is 11.4 Å². The van der Waals surface area contributed by atoms with Crippen LogP contribution in [-0.2, 0) is 16.1 Å². The summed E-state index contributed by atoms with van der Waals surface area (Å²) in [6.07, 6.45) is 0. The van der Waals surface area contributed by atoms with E-state index in [0.29, 0.717) is 16.9 Å². The molecule has 7 heteroatoms. The first kappa shape index (κ1) is 21.3. The van der Waals surface area contributed by atoms with Gasteiger partial charge in [0, 0.05) is 16.9 Å². The molecule has 1 aliphatic rings. The lowest BCUT2D eigenvalue weighted by atomic mass is 10.1. The van der Waals surface area contributed by atoms with Gasteiger partial charge in [-0.25, -0.2) is 0 Å². The largest absolute Gasteiger partial charge is 0.350 e. The van der Waals surface area contributed by atoms with Crippen LogP contribution in [0.15, 0.2) is 89.6 Å². The van der Waals surface area contributed by atoms with E-state index in [4.69, 9.17) is 11.6 Å². The van der Waals surface area contributed by atoms with Gasteiger partial charge in [0.1, 0.15) is 10.7 Å². The Bertz CT molecular complexity index is 1240. The van der Waals surface area contributed by atoms with Crippen molar-refractivity contribution >= 4 is 40.7 Å². The number of aryl methyl sites for hydroxylation is 1. The first-order valence-corrected chi connectivity index (χ1v) is 10.3. The highest BCUT2D eigenvalue weighted by Crippen LogP contribution is 2.27. The van der Waals surface area contributed by atoms with Crippen molar-refractivity contribution in [3.05, 3.63) is 106 Å². The third kappa shape index (κ3) is 4.55. The predicted molar refractivity (Wildman–Crippen MR) is 124 cm³/mol. The van der Waals surface area contributed by atoms with Gasteiger partial charge in [0.05, 0.1) is 6.54 Å². The summed E-state index contributed by atoms with van der Waals surface area (Å²) in [7, 11) is 0. The number of carbonyl (C=O) groups excluding carboxylic acids is 3. The van der Waals surface area contributed by atoms with E-state index in [9.17, 15) is 14.4 Å². The van der Waals surface area contributed by atoms with Gasteiger partial charge in [0.15, 0.2) is 0 Å². The molecule has 0 aliphatic carbocycles. The molecule has 2 N–H and O–H groups in total. The zero-order chi connectivity index (χ0) is 22.7. The third-order valence-electron chi connectivity index (χ3n) is 4.96. The van der Waals surface area contributed by atoms with Gasteiger partial charge in [-0.1, -0.05) is 60.1 Å². The maximum absolute atomic E-state index is 12.8. The molecule has 0 spiro atoms. The second-order valence-corrected chi connectivity index (χ2v) is 7.78. The second-order valence-electron chi connectivity index (χ2n) is 7.40. The van der Waals surface area contributed by atoms with Crippen LogP contribution in [-0.4, -0.2) is 22.6 Å². The highest BCUT2D eigenvalue weighted by atomic mass is 35.5. The van der Waals surface area contributed by atoms with Crippen molar-refractivity contribution in [3.8, 4) is 0 Å². The molecule has 3 aromatic carbocycles. The van der Waals surface area contributed by atoms with Crippen molar-refractivity contribution in [1.82, 2.24) is 4.90 Å². The van der Waals surface area contributed by atoms with E-state index in [1.807, 2.05) is 61.5 Å². The minimum atomic E-state index is -0.559. The Kier molecular flexibility index (Phi) is 6.05. The molecular formula is C25H20ClN3O3. The number of rotatable bonds is 6. The van der Waals surface area contributed by atoms with Gasteiger partial charge in [-0.3, -0.25) is 19.3 Å². The molecule has 32 heavy (non-hydrogen) atoms. The van der Waals surface area contributed by atoms with Crippen LogP contribution in [0.1, 0.15) is 21.5 Å². The number of hydrogen-bond acceptors (Lipinski definition) is 4. The van der Waals surface area contributed by atoms with Gasteiger partial charge < -0.3 is 10.6 Å².